The third kappa shape index (κ3) is 6.09. The van der Waals surface area contributed by atoms with Crippen LogP contribution in [-0.2, 0) is 6.54 Å². The first kappa shape index (κ1) is 16.7. The maximum absolute atomic E-state index is 11.8. The van der Waals surface area contributed by atoms with Gasteiger partial charge in [0.1, 0.15) is 4.47 Å². The minimum Gasteiger partial charge on any atom is -0.298 e. The van der Waals surface area contributed by atoms with Gasteiger partial charge in [-0.15, -0.1) is 0 Å². The highest BCUT2D eigenvalue weighted by molar-refractivity contribution is 9.10. The van der Waals surface area contributed by atoms with E-state index in [1.54, 1.807) is 4.57 Å². The molecule has 0 saturated carbocycles. The third-order valence-corrected chi connectivity index (χ3v) is 4.42. The molecule has 0 fully saturated rings. The second-order valence-electron chi connectivity index (χ2n) is 4.82. The van der Waals surface area contributed by atoms with Crippen molar-refractivity contribution in [1.82, 2.24) is 9.55 Å². The molecule has 0 aliphatic heterocycles. The highest BCUT2D eigenvalue weighted by Crippen LogP contribution is 2.14. The molecule has 1 aromatic heterocycles. The molecule has 1 rings (SSSR count). The molecule has 0 amide bonds. The Morgan fingerprint density at radius 3 is 2.37 bits per heavy atom. The standard InChI is InChI=1S/C14H22BrClN2O/c1-2-3-4-5-6-7-8-9-10-18-11-17-13(16)12(15)14(18)19/h11H,2-10H2,1H3. The summed E-state index contributed by atoms with van der Waals surface area (Å²) in [6.45, 7) is 2.95. The average Bonchev–Trinajstić information content (AvgIpc) is 2.41. The van der Waals surface area contributed by atoms with Gasteiger partial charge in [-0.2, -0.15) is 0 Å². The molecule has 3 nitrogen and oxygen atoms in total. The molecule has 0 saturated heterocycles. The Hall–Kier alpha value is -0.350. The molecule has 0 aliphatic rings. The summed E-state index contributed by atoms with van der Waals surface area (Å²) in [4.78, 5) is 15.8. The van der Waals surface area contributed by atoms with Crippen LogP contribution in [0, 0.1) is 0 Å². The number of rotatable bonds is 9. The molecule has 108 valence electrons. The van der Waals surface area contributed by atoms with Crippen LogP contribution in [0.5, 0.6) is 0 Å². The lowest BCUT2D eigenvalue weighted by molar-refractivity contribution is 0.533. The first-order chi connectivity index (χ1) is 9.16. The Morgan fingerprint density at radius 2 is 1.74 bits per heavy atom. The summed E-state index contributed by atoms with van der Waals surface area (Å²) in [5, 5.41) is 0.233. The lowest BCUT2D eigenvalue weighted by Crippen LogP contribution is -2.21. The van der Waals surface area contributed by atoms with Crippen LogP contribution in [0.4, 0.5) is 0 Å². The van der Waals surface area contributed by atoms with Crippen molar-refractivity contribution in [3.05, 3.63) is 26.3 Å². The normalized spacial score (nSPS) is 10.9. The van der Waals surface area contributed by atoms with Crippen LogP contribution >= 0.6 is 27.5 Å². The van der Waals surface area contributed by atoms with E-state index in [1.165, 1.54) is 51.3 Å². The smallest absolute Gasteiger partial charge is 0.269 e. The van der Waals surface area contributed by atoms with Crippen LogP contribution in [-0.4, -0.2) is 9.55 Å². The maximum Gasteiger partial charge on any atom is 0.269 e. The molecule has 19 heavy (non-hydrogen) atoms. The van der Waals surface area contributed by atoms with Gasteiger partial charge in [0.25, 0.3) is 5.56 Å². The molecule has 0 N–H and O–H groups in total. The number of hydrogen-bond acceptors (Lipinski definition) is 2. The quantitative estimate of drug-likeness (QED) is 0.474. The van der Waals surface area contributed by atoms with Gasteiger partial charge in [0.15, 0.2) is 5.15 Å². The summed E-state index contributed by atoms with van der Waals surface area (Å²) in [6, 6.07) is 0. The summed E-state index contributed by atoms with van der Waals surface area (Å²) in [5.41, 5.74) is -0.0945. The van der Waals surface area contributed by atoms with Gasteiger partial charge in [-0.25, -0.2) is 4.98 Å². The molecule has 0 spiro atoms. The van der Waals surface area contributed by atoms with Gasteiger partial charge in [-0.3, -0.25) is 9.36 Å². The fraction of sp³-hybridized carbons (Fsp3) is 0.714. The number of nitrogens with zero attached hydrogens (tertiary/aromatic N) is 2. The predicted octanol–water partition coefficient (Wildman–Crippen LogP) is 4.80. The molecule has 5 heteroatoms. The summed E-state index contributed by atoms with van der Waals surface area (Å²) in [5.74, 6) is 0. The Kier molecular flexibility index (Phi) is 8.38. The summed E-state index contributed by atoms with van der Waals surface area (Å²) >= 11 is 8.92. The van der Waals surface area contributed by atoms with Crippen molar-refractivity contribution in [2.24, 2.45) is 0 Å². The maximum atomic E-state index is 11.8. The molecule has 0 radical (unpaired) electrons. The van der Waals surface area contributed by atoms with Gasteiger partial charge in [0, 0.05) is 6.54 Å². The van der Waals surface area contributed by atoms with E-state index in [2.05, 4.69) is 27.8 Å². The van der Waals surface area contributed by atoms with Crippen LogP contribution in [0.1, 0.15) is 58.3 Å². The molecular weight excluding hydrogens is 328 g/mol. The summed E-state index contributed by atoms with van der Waals surface area (Å²) in [7, 11) is 0. The molecule has 0 bridgehead atoms. The number of unbranched alkanes of at least 4 members (excludes halogenated alkanes) is 7. The molecular formula is C14H22BrClN2O. The summed E-state index contributed by atoms with van der Waals surface area (Å²) in [6.07, 6.45) is 11.6. The zero-order chi connectivity index (χ0) is 14.1. The van der Waals surface area contributed by atoms with Gasteiger partial charge in [-0.05, 0) is 22.4 Å². The fourth-order valence-electron chi connectivity index (χ4n) is 2.02. The van der Waals surface area contributed by atoms with Crippen molar-refractivity contribution in [2.45, 2.75) is 64.8 Å². The van der Waals surface area contributed by atoms with Gasteiger partial charge in [-0.1, -0.05) is 63.5 Å². The van der Waals surface area contributed by atoms with Crippen molar-refractivity contribution < 1.29 is 0 Å². The van der Waals surface area contributed by atoms with Crippen LogP contribution < -0.4 is 5.56 Å². The Labute approximate surface area is 128 Å². The van der Waals surface area contributed by atoms with Gasteiger partial charge in [0.2, 0.25) is 0 Å². The number of hydrogen-bond donors (Lipinski definition) is 0. The Morgan fingerprint density at radius 1 is 1.16 bits per heavy atom. The van der Waals surface area contributed by atoms with E-state index >= 15 is 0 Å². The summed E-state index contributed by atoms with van der Waals surface area (Å²) < 4.78 is 1.98. The Balaban J connectivity index is 2.20. The van der Waals surface area contributed by atoms with Crippen LogP contribution in [0.25, 0.3) is 0 Å². The van der Waals surface area contributed by atoms with Crippen LogP contribution in [0.15, 0.2) is 15.6 Å². The second kappa shape index (κ2) is 9.54. The van der Waals surface area contributed by atoms with Crippen molar-refractivity contribution in [3.8, 4) is 0 Å². The first-order valence-corrected chi connectivity index (χ1v) is 8.24. The highest BCUT2D eigenvalue weighted by Gasteiger charge is 2.06. The van der Waals surface area contributed by atoms with E-state index in [0.29, 0.717) is 4.47 Å². The largest absolute Gasteiger partial charge is 0.298 e. The van der Waals surface area contributed by atoms with E-state index in [9.17, 15) is 4.79 Å². The second-order valence-corrected chi connectivity index (χ2v) is 5.97. The van der Waals surface area contributed by atoms with Crippen molar-refractivity contribution in [1.29, 1.82) is 0 Å². The first-order valence-electron chi connectivity index (χ1n) is 7.07. The van der Waals surface area contributed by atoms with Gasteiger partial charge >= 0.3 is 0 Å². The third-order valence-electron chi connectivity index (χ3n) is 3.19. The predicted molar refractivity (Wildman–Crippen MR) is 83.8 cm³/mol. The topological polar surface area (TPSA) is 34.9 Å². The van der Waals surface area contributed by atoms with Gasteiger partial charge in [0.05, 0.1) is 6.33 Å². The highest BCUT2D eigenvalue weighted by atomic mass is 79.9. The molecule has 1 aromatic rings. The van der Waals surface area contributed by atoms with Crippen LogP contribution in [0.2, 0.25) is 5.15 Å². The van der Waals surface area contributed by atoms with E-state index in [0.717, 1.165) is 13.0 Å². The van der Waals surface area contributed by atoms with Crippen molar-refractivity contribution >= 4 is 27.5 Å². The monoisotopic (exact) mass is 348 g/mol. The molecule has 0 aliphatic carbocycles. The van der Waals surface area contributed by atoms with E-state index in [4.69, 9.17) is 11.6 Å². The van der Waals surface area contributed by atoms with E-state index in [1.807, 2.05) is 0 Å². The zero-order valence-corrected chi connectivity index (χ0v) is 13.8. The fourth-order valence-corrected chi connectivity index (χ4v) is 2.47. The van der Waals surface area contributed by atoms with Crippen molar-refractivity contribution in [2.75, 3.05) is 0 Å². The average molecular weight is 350 g/mol. The number of aromatic nitrogens is 2. The van der Waals surface area contributed by atoms with Crippen LogP contribution in [0.3, 0.4) is 0 Å². The lowest BCUT2D eigenvalue weighted by Gasteiger charge is -2.06. The lowest BCUT2D eigenvalue weighted by atomic mass is 10.1. The molecule has 0 atom stereocenters. The minimum atomic E-state index is -0.0945. The molecule has 1 heterocycles. The molecule has 0 unspecified atom stereocenters. The SMILES string of the molecule is CCCCCCCCCCn1cnc(Cl)c(Br)c1=O. The minimum absolute atomic E-state index is 0.0945. The van der Waals surface area contributed by atoms with Crippen molar-refractivity contribution in [3.63, 3.8) is 0 Å². The number of aryl methyl sites for hydroxylation is 1. The Bertz CT molecular complexity index is 434. The zero-order valence-electron chi connectivity index (χ0n) is 11.5. The van der Waals surface area contributed by atoms with E-state index in [-0.39, 0.29) is 10.7 Å². The van der Waals surface area contributed by atoms with E-state index < -0.39 is 0 Å². The number of halogens is 2. The van der Waals surface area contributed by atoms with Gasteiger partial charge < -0.3 is 0 Å². The molecule has 0 aromatic carbocycles.